The van der Waals surface area contributed by atoms with Gasteiger partial charge in [-0.15, -0.1) is 0 Å². The highest BCUT2D eigenvalue weighted by Gasteiger charge is 2.23. The van der Waals surface area contributed by atoms with E-state index in [9.17, 15) is 13.2 Å². The van der Waals surface area contributed by atoms with Crippen LogP contribution in [0.3, 0.4) is 0 Å². The van der Waals surface area contributed by atoms with Crippen molar-refractivity contribution in [1.82, 2.24) is 0 Å². The first-order chi connectivity index (χ1) is 6.43. The van der Waals surface area contributed by atoms with Gasteiger partial charge in [-0.3, -0.25) is 4.55 Å². The summed E-state index contributed by atoms with van der Waals surface area (Å²) in [5.41, 5.74) is 0. The van der Waals surface area contributed by atoms with E-state index >= 15 is 0 Å². The van der Waals surface area contributed by atoms with E-state index in [4.69, 9.17) is 4.55 Å². The third kappa shape index (κ3) is 4.73. The quantitative estimate of drug-likeness (QED) is 0.358. The van der Waals surface area contributed by atoms with Crippen molar-refractivity contribution in [2.75, 3.05) is 6.61 Å². The van der Waals surface area contributed by atoms with Gasteiger partial charge < -0.3 is 4.74 Å². The van der Waals surface area contributed by atoms with Crippen LogP contribution in [0.4, 0.5) is 0 Å². The maximum absolute atomic E-state index is 11.0. The first-order valence-corrected chi connectivity index (χ1v) is 6.24. The van der Waals surface area contributed by atoms with Gasteiger partial charge in [0.15, 0.2) is 4.91 Å². The lowest BCUT2D eigenvalue weighted by Crippen LogP contribution is -2.15. The SMILES string of the molecule is CCCCOC(=O)C(=CBr)S(=O)(=O)O. The summed E-state index contributed by atoms with van der Waals surface area (Å²) in [5, 5.41) is 0. The molecule has 0 amide bonds. The van der Waals surface area contributed by atoms with Crippen molar-refractivity contribution in [2.45, 2.75) is 19.8 Å². The molecule has 0 radical (unpaired) electrons. The number of rotatable bonds is 5. The highest BCUT2D eigenvalue weighted by Crippen LogP contribution is 2.09. The molecular formula is C7H11BrO5S. The molecule has 0 aliphatic rings. The Morgan fingerprint density at radius 3 is 2.50 bits per heavy atom. The van der Waals surface area contributed by atoms with Gasteiger partial charge in [0.05, 0.1) is 6.61 Å². The van der Waals surface area contributed by atoms with Crippen LogP contribution < -0.4 is 0 Å². The molecule has 0 bridgehead atoms. The number of hydrogen-bond donors (Lipinski definition) is 1. The molecule has 0 saturated carbocycles. The van der Waals surface area contributed by atoms with Crippen molar-refractivity contribution in [2.24, 2.45) is 0 Å². The third-order valence-electron chi connectivity index (χ3n) is 1.31. The number of carbonyl (C=O) groups is 1. The molecule has 0 aliphatic carbocycles. The van der Waals surface area contributed by atoms with Gasteiger partial charge in [0.2, 0.25) is 0 Å². The first kappa shape index (κ1) is 13.6. The molecule has 14 heavy (non-hydrogen) atoms. The molecule has 0 saturated heterocycles. The second kappa shape index (κ2) is 6.15. The van der Waals surface area contributed by atoms with Crippen LogP contribution in [0.5, 0.6) is 0 Å². The number of carbonyl (C=O) groups excluding carboxylic acids is 1. The molecule has 0 unspecified atom stereocenters. The Morgan fingerprint density at radius 2 is 2.14 bits per heavy atom. The Balaban J connectivity index is 4.37. The fourth-order valence-electron chi connectivity index (χ4n) is 0.586. The second-order valence-electron chi connectivity index (χ2n) is 2.44. The second-order valence-corrected chi connectivity index (χ2v) is 4.29. The largest absolute Gasteiger partial charge is 0.462 e. The minimum Gasteiger partial charge on any atom is -0.462 e. The molecule has 7 heteroatoms. The van der Waals surface area contributed by atoms with E-state index < -0.39 is 21.0 Å². The zero-order valence-corrected chi connectivity index (χ0v) is 9.97. The Labute approximate surface area is 91.0 Å². The molecule has 0 atom stereocenters. The van der Waals surface area contributed by atoms with E-state index in [2.05, 4.69) is 20.7 Å². The van der Waals surface area contributed by atoms with Crippen LogP contribution in [-0.2, 0) is 19.6 Å². The predicted molar refractivity (Wildman–Crippen MR) is 54.4 cm³/mol. The van der Waals surface area contributed by atoms with Crippen molar-refractivity contribution in [1.29, 1.82) is 0 Å². The number of hydrogen-bond acceptors (Lipinski definition) is 4. The summed E-state index contributed by atoms with van der Waals surface area (Å²) < 4.78 is 34.3. The molecule has 0 fully saturated rings. The van der Waals surface area contributed by atoms with Gasteiger partial charge in [0.25, 0.3) is 0 Å². The normalized spacial score (nSPS) is 12.6. The molecule has 0 heterocycles. The van der Waals surface area contributed by atoms with Crippen molar-refractivity contribution >= 4 is 32.0 Å². The Kier molecular flexibility index (Phi) is 5.98. The Bertz CT molecular complexity index is 319. The fourth-order valence-corrected chi connectivity index (χ4v) is 1.86. The summed E-state index contributed by atoms with van der Waals surface area (Å²) in [7, 11) is -4.51. The maximum atomic E-state index is 11.0. The maximum Gasteiger partial charge on any atom is 0.352 e. The summed E-state index contributed by atoms with van der Waals surface area (Å²) in [4.78, 5) is 11.1. The molecule has 0 aromatic carbocycles. The highest BCUT2D eigenvalue weighted by atomic mass is 79.9. The van der Waals surface area contributed by atoms with Crippen molar-refractivity contribution in [3.8, 4) is 0 Å². The van der Waals surface area contributed by atoms with Crippen LogP contribution in [-0.4, -0.2) is 25.5 Å². The summed E-state index contributed by atoms with van der Waals surface area (Å²) in [5.74, 6) is -1.06. The zero-order valence-electron chi connectivity index (χ0n) is 7.57. The predicted octanol–water partition coefficient (Wildman–Crippen LogP) is 1.45. The van der Waals surface area contributed by atoms with Gasteiger partial charge in [-0.25, -0.2) is 4.79 Å². The van der Waals surface area contributed by atoms with Crippen molar-refractivity contribution < 1.29 is 22.5 Å². The molecule has 0 aromatic heterocycles. The smallest absolute Gasteiger partial charge is 0.352 e. The van der Waals surface area contributed by atoms with Crippen LogP contribution >= 0.6 is 15.9 Å². The highest BCUT2D eigenvalue weighted by molar-refractivity contribution is 9.11. The summed E-state index contributed by atoms with van der Waals surface area (Å²) in [6, 6.07) is 0. The molecule has 0 aliphatic heterocycles. The fraction of sp³-hybridized carbons (Fsp3) is 0.571. The minimum absolute atomic E-state index is 0.134. The van der Waals surface area contributed by atoms with Crippen LogP contribution in [0.25, 0.3) is 0 Å². The number of ether oxygens (including phenoxy) is 1. The van der Waals surface area contributed by atoms with Crippen molar-refractivity contribution in [3.05, 3.63) is 9.89 Å². The third-order valence-corrected chi connectivity index (χ3v) is 2.91. The summed E-state index contributed by atoms with van der Waals surface area (Å²) >= 11 is 2.66. The van der Waals surface area contributed by atoms with E-state index in [0.717, 1.165) is 11.4 Å². The average molecular weight is 287 g/mol. The molecule has 82 valence electrons. The summed E-state index contributed by atoms with van der Waals surface area (Å²) in [6.07, 6.45) is 1.47. The van der Waals surface area contributed by atoms with Gasteiger partial charge in [-0.2, -0.15) is 8.42 Å². The van der Waals surface area contributed by atoms with Gasteiger partial charge in [0, 0.05) is 4.99 Å². The standard InChI is InChI=1S/C7H11BrO5S/c1-2-3-4-13-7(9)6(5-8)14(10,11)12/h5H,2-4H2,1H3,(H,10,11,12). The molecule has 0 rings (SSSR count). The van der Waals surface area contributed by atoms with E-state index in [-0.39, 0.29) is 6.61 Å². The number of esters is 1. The van der Waals surface area contributed by atoms with E-state index in [1.165, 1.54) is 0 Å². The van der Waals surface area contributed by atoms with Crippen LogP contribution in [0.15, 0.2) is 9.89 Å². The molecule has 1 N–H and O–H groups in total. The van der Waals surface area contributed by atoms with Crippen LogP contribution in [0.1, 0.15) is 19.8 Å². The molecule has 0 spiro atoms. The molecular weight excluding hydrogens is 276 g/mol. The molecule has 5 nitrogen and oxygen atoms in total. The molecule has 0 aromatic rings. The van der Waals surface area contributed by atoms with E-state index in [1.807, 2.05) is 6.92 Å². The lowest BCUT2D eigenvalue weighted by Gasteiger charge is -2.03. The number of halogens is 1. The zero-order chi connectivity index (χ0) is 11.2. The van der Waals surface area contributed by atoms with Gasteiger partial charge in [-0.05, 0) is 6.42 Å². The Morgan fingerprint density at radius 1 is 1.57 bits per heavy atom. The van der Waals surface area contributed by atoms with E-state index in [1.54, 1.807) is 0 Å². The monoisotopic (exact) mass is 286 g/mol. The van der Waals surface area contributed by atoms with Gasteiger partial charge in [0.1, 0.15) is 0 Å². The number of unbranched alkanes of at least 4 members (excludes halogenated alkanes) is 1. The van der Waals surface area contributed by atoms with Gasteiger partial charge in [-0.1, -0.05) is 29.3 Å². The van der Waals surface area contributed by atoms with Crippen LogP contribution in [0.2, 0.25) is 0 Å². The first-order valence-electron chi connectivity index (χ1n) is 3.88. The summed E-state index contributed by atoms with van der Waals surface area (Å²) in [6.45, 7) is 2.03. The topological polar surface area (TPSA) is 80.7 Å². The van der Waals surface area contributed by atoms with Gasteiger partial charge >= 0.3 is 16.1 Å². The average Bonchev–Trinajstić information content (AvgIpc) is 2.03. The lowest BCUT2D eigenvalue weighted by atomic mass is 10.4. The Hall–Kier alpha value is -0.400. The van der Waals surface area contributed by atoms with Crippen molar-refractivity contribution in [3.63, 3.8) is 0 Å². The lowest BCUT2D eigenvalue weighted by molar-refractivity contribution is -0.138. The van der Waals surface area contributed by atoms with E-state index in [0.29, 0.717) is 6.42 Å². The minimum atomic E-state index is -4.51. The van der Waals surface area contributed by atoms with Crippen LogP contribution in [0, 0.1) is 0 Å².